The Balaban J connectivity index is 1.80. The van der Waals surface area contributed by atoms with Crippen molar-refractivity contribution in [2.75, 3.05) is 18.0 Å². The van der Waals surface area contributed by atoms with E-state index in [1.807, 2.05) is 42.5 Å². The number of anilines is 1. The van der Waals surface area contributed by atoms with Crippen LogP contribution in [-0.4, -0.2) is 40.2 Å². The molecule has 6 heteroatoms. The van der Waals surface area contributed by atoms with Crippen LogP contribution >= 0.6 is 11.6 Å². The van der Waals surface area contributed by atoms with Crippen molar-refractivity contribution in [3.05, 3.63) is 59.9 Å². The number of morpholine rings is 1. The van der Waals surface area contributed by atoms with E-state index >= 15 is 0 Å². The highest BCUT2D eigenvalue weighted by Crippen LogP contribution is 2.28. The van der Waals surface area contributed by atoms with Gasteiger partial charge in [-0.2, -0.15) is 0 Å². The molecule has 0 saturated carbocycles. The second-order valence-electron chi connectivity index (χ2n) is 6.85. The third kappa shape index (κ3) is 4.10. The van der Waals surface area contributed by atoms with E-state index in [4.69, 9.17) is 26.3 Å². The topological polar surface area (TPSA) is 51.1 Å². The molecule has 27 heavy (non-hydrogen) atoms. The highest BCUT2D eigenvalue weighted by atomic mass is 35.5. The van der Waals surface area contributed by atoms with Crippen LogP contribution in [0.5, 0.6) is 0 Å². The van der Waals surface area contributed by atoms with Crippen LogP contribution in [0.1, 0.15) is 13.8 Å². The molecular weight excluding hydrogens is 360 g/mol. The fraction of sp³-hybridized carbons (Fsp3) is 0.286. The Morgan fingerprint density at radius 2 is 1.74 bits per heavy atom. The Hall–Kier alpha value is -2.50. The van der Waals surface area contributed by atoms with Crippen molar-refractivity contribution in [3.63, 3.8) is 0 Å². The largest absolute Gasteiger partial charge is 0.372 e. The van der Waals surface area contributed by atoms with Crippen molar-refractivity contribution in [2.24, 2.45) is 0 Å². The summed E-state index contributed by atoms with van der Waals surface area (Å²) in [7, 11) is 0. The maximum Gasteiger partial charge on any atom is 0.163 e. The summed E-state index contributed by atoms with van der Waals surface area (Å²) >= 11 is 6.05. The van der Waals surface area contributed by atoms with Crippen LogP contribution in [0.15, 0.2) is 54.9 Å². The van der Waals surface area contributed by atoms with Crippen LogP contribution in [0, 0.1) is 0 Å². The molecule has 4 rings (SSSR count). The average Bonchev–Trinajstić information content (AvgIpc) is 2.68. The van der Waals surface area contributed by atoms with E-state index in [-0.39, 0.29) is 12.2 Å². The molecule has 1 aromatic carbocycles. The molecule has 5 nitrogen and oxygen atoms in total. The Morgan fingerprint density at radius 1 is 1.00 bits per heavy atom. The van der Waals surface area contributed by atoms with Crippen LogP contribution < -0.4 is 4.90 Å². The molecular formula is C21H21ClN4O. The van der Waals surface area contributed by atoms with Crippen molar-refractivity contribution in [2.45, 2.75) is 26.1 Å². The third-order valence-electron chi connectivity index (χ3n) is 4.52. The van der Waals surface area contributed by atoms with Crippen LogP contribution in [0.2, 0.25) is 5.02 Å². The molecule has 3 aromatic rings. The minimum Gasteiger partial charge on any atom is -0.372 e. The molecule has 2 atom stereocenters. The molecule has 2 aromatic heterocycles. The molecule has 1 saturated heterocycles. The summed E-state index contributed by atoms with van der Waals surface area (Å²) in [6.07, 6.45) is 3.85. The molecule has 3 heterocycles. The van der Waals surface area contributed by atoms with Crippen LogP contribution in [-0.2, 0) is 4.74 Å². The number of pyridine rings is 1. The zero-order valence-electron chi connectivity index (χ0n) is 15.3. The fourth-order valence-corrected chi connectivity index (χ4v) is 3.48. The van der Waals surface area contributed by atoms with Gasteiger partial charge in [0.15, 0.2) is 5.82 Å². The minimum absolute atomic E-state index is 0.157. The van der Waals surface area contributed by atoms with E-state index in [9.17, 15) is 0 Å². The Morgan fingerprint density at radius 3 is 2.41 bits per heavy atom. The Bertz CT molecular complexity index is 907. The van der Waals surface area contributed by atoms with Crippen LogP contribution in [0.3, 0.4) is 0 Å². The molecule has 138 valence electrons. The number of aromatic nitrogens is 3. The molecule has 0 aliphatic carbocycles. The normalized spacial score (nSPS) is 19.9. The first kappa shape index (κ1) is 17.9. The second-order valence-corrected chi connectivity index (χ2v) is 7.28. The van der Waals surface area contributed by atoms with E-state index in [0.29, 0.717) is 10.8 Å². The summed E-state index contributed by atoms with van der Waals surface area (Å²) in [4.78, 5) is 16.1. The summed E-state index contributed by atoms with van der Waals surface area (Å²) in [5.41, 5.74) is 2.76. The van der Waals surface area contributed by atoms with E-state index in [1.54, 1.807) is 12.4 Å². The molecule has 0 amide bonds. The van der Waals surface area contributed by atoms with Crippen LogP contribution in [0.25, 0.3) is 22.6 Å². The third-order valence-corrected chi connectivity index (χ3v) is 4.77. The minimum atomic E-state index is 0.157. The lowest BCUT2D eigenvalue weighted by Gasteiger charge is -2.36. The van der Waals surface area contributed by atoms with Crippen LogP contribution in [0.4, 0.5) is 5.82 Å². The van der Waals surface area contributed by atoms with Gasteiger partial charge in [-0.1, -0.05) is 23.7 Å². The predicted molar refractivity (Wildman–Crippen MR) is 108 cm³/mol. The highest BCUT2D eigenvalue weighted by molar-refractivity contribution is 6.30. The van der Waals surface area contributed by atoms with Crippen molar-refractivity contribution in [1.82, 2.24) is 15.0 Å². The molecule has 0 spiro atoms. The predicted octanol–water partition coefficient (Wildman–Crippen LogP) is 4.47. The van der Waals surface area contributed by atoms with Gasteiger partial charge in [-0.05, 0) is 38.1 Å². The van der Waals surface area contributed by atoms with E-state index in [2.05, 4.69) is 23.7 Å². The van der Waals surface area contributed by atoms with Gasteiger partial charge in [-0.15, -0.1) is 0 Å². The maximum atomic E-state index is 6.05. The van der Waals surface area contributed by atoms with Gasteiger partial charge in [0, 0.05) is 47.7 Å². The molecule has 0 radical (unpaired) electrons. The molecule has 1 aliphatic heterocycles. The number of hydrogen-bond donors (Lipinski definition) is 0. The van der Waals surface area contributed by atoms with E-state index in [0.717, 1.165) is 35.7 Å². The monoisotopic (exact) mass is 380 g/mol. The summed E-state index contributed by atoms with van der Waals surface area (Å²) in [6.45, 7) is 5.78. The van der Waals surface area contributed by atoms with Gasteiger partial charge < -0.3 is 9.64 Å². The molecule has 1 aliphatic rings. The number of rotatable bonds is 3. The van der Waals surface area contributed by atoms with Crippen molar-refractivity contribution in [3.8, 4) is 22.6 Å². The molecule has 1 fully saturated rings. The van der Waals surface area contributed by atoms with Crippen molar-refractivity contribution in [1.29, 1.82) is 0 Å². The zero-order chi connectivity index (χ0) is 18.8. The van der Waals surface area contributed by atoms with Gasteiger partial charge in [0.2, 0.25) is 0 Å². The van der Waals surface area contributed by atoms with Gasteiger partial charge in [0.1, 0.15) is 5.82 Å². The molecule has 0 N–H and O–H groups in total. The smallest absolute Gasteiger partial charge is 0.163 e. The number of benzene rings is 1. The van der Waals surface area contributed by atoms with Crippen molar-refractivity contribution < 1.29 is 4.74 Å². The number of nitrogens with zero attached hydrogens (tertiary/aromatic N) is 4. The van der Waals surface area contributed by atoms with Gasteiger partial charge in [-0.25, -0.2) is 9.97 Å². The number of hydrogen-bond acceptors (Lipinski definition) is 5. The lowest BCUT2D eigenvalue weighted by atomic mass is 10.1. The Labute approximate surface area is 164 Å². The quantitative estimate of drug-likeness (QED) is 0.670. The van der Waals surface area contributed by atoms with Crippen molar-refractivity contribution >= 4 is 17.4 Å². The average molecular weight is 381 g/mol. The second kappa shape index (κ2) is 7.62. The van der Waals surface area contributed by atoms with Gasteiger partial charge >= 0.3 is 0 Å². The summed E-state index contributed by atoms with van der Waals surface area (Å²) < 4.78 is 5.87. The highest BCUT2D eigenvalue weighted by Gasteiger charge is 2.24. The zero-order valence-corrected chi connectivity index (χ0v) is 16.1. The van der Waals surface area contributed by atoms with Gasteiger partial charge in [0.25, 0.3) is 0 Å². The van der Waals surface area contributed by atoms with E-state index in [1.165, 1.54) is 0 Å². The SMILES string of the molecule is C[C@@H]1CN(c2cc(-c3ccc(Cl)cc3)nc(-c3cccnc3)n2)C[C@H](C)O1. The maximum absolute atomic E-state index is 6.05. The fourth-order valence-electron chi connectivity index (χ4n) is 3.35. The Kier molecular flexibility index (Phi) is 5.05. The number of ether oxygens (including phenoxy) is 1. The van der Waals surface area contributed by atoms with Gasteiger partial charge in [-0.3, -0.25) is 4.98 Å². The first-order valence-corrected chi connectivity index (χ1v) is 9.42. The first-order chi connectivity index (χ1) is 13.1. The first-order valence-electron chi connectivity index (χ1n) is 9.04. The lowest BCUT2D eigenvalue weighted by molar-refractivity contribution is -0.00545. The molecule has 0 unspecified atom stereocenters. The van der Waals surface area contributed by atoms with E-state index < -0.39 is 0 Å². The standard InChI is InChI=1S/C21H21ClN4O/c1-14-12-26(13-15(2)27-14)20-10-19(16-5-7-18(22)8-6-16)24-21(25-20)17-4-3-9-23-11-17/h3-11,14-15H,12-13H2,1-2H3/t14-,15+. The lowest BCUT2D eigenvalue weighted by Crippen LogP contribution is -2.45. The summed E-state index contributed by atoms with van der Waals surface area (Å²) in [5.74, 6) is 1.56. The summed E-state index contributed by atoms with van der Waals surface area (Å²) in [5, 5.41) is 0.705. The summed E-state index contributed by atoms with van der Waals surface area (Å²) in [6, 6.07) is 13.6. The van der Waals surface area contributed by atoms with Gasteiger partial charge in [0.05, 0.1) is 17.9 Å². The number of halogens is 1. The molecule has 0 bridgehead atoms.